The number of anilines is 2. The molecular formula is C12H18F3N5O. The molecule has 118 valence electrons. The van der Waals surface area contributed by atoms with Gasteiger partial charge in [-0.25, -0.2) is 10.8 Å². The number of nitrogens with two attached hydrogens (primary N) is 1. The van der Waals surface area contributed by atoms with E-state index < -0.39 is 11.9 Å². The fourth-order valence-electron chi connectivity index (χ4n) is 2.09. The first-order chi connectivity index (χ1) is 9.82. The molecule has 6 nitrogen and oxygen atoms in total. The zero-order valence-corrected chi connectivity index (χ0v) is 11.6. The van der Waals surface area contributed by atoms with Gasteiger partial charge in [0.05, 0.1) is 0 Å². The third-order valence-corrected chi connectivity index (χ3v) is 3.54. The first-order valence-electron chi connectivity index (χ1n) is 6.57. The van der Waals surface area contributed by atoms with Crippen LogP contribution in [0.5, 0.6) is 0 Å². The summed E-state index contributed by atoms with van der Waals surface area (Å²) in [5, 5.41) is 2.94. The van der Waals surface area contributed by atoms with Crippen LogP contribution in [0.3, 0.4) is 0 Å². The maximum absolute atomic E-state index is 12.8. The largest absolute Gasteiger partial charge is 0.433 e. The van der Waals surface area contributed by atoms with Crippen LogP contribution in [-0.4, -0.2) is 29.7 Å². The molecule has 0 amide bonds. The predicted octanol–water partition coefficient (Wildman–Crippen LogP) is 2.01. The molecular weight excluding hydrogens is 287 g/mol. The number of aromatic nitrogens is 2. The van der Waals surface area contributed by atoms with E-state index in [4.69, 9.17) is 10.6 Å². The number of rotatable bonds is 4. The van der Waals surface area contributed by atoms with Gasteiger partial charge in [0, 0.05) is 25.8 Å². The van der Waals surface area contributed by atoms with Crippen molar-refractivity contribution in [1.82, 2.24) is 9.97 Å². The third-order valence-electron chi connectivity index (χ3n) is 3.54. The van der Waals surface area contributed by atoms with E-state index in [1.165, 1.54) is 0 Å². The fraction of sp³-hybridized carbons (Fsp3) is 0.667. The van der Waals surface area contributed by atoms with Gasteiger partial charge in [-0.3, -0.25) is 5.43 Å². The summed E-state index contributed by atoms with van der Waals surface area (Å²) in [6.07, 6.45) is -2.86. The molecule has 1 fully saturated rings. The molecule has 1 saturated heterocycles. The van der Waals surface area contributed by atoms with Crippen molar-refractivity contribution >= 4 is 11.8 Å². The normalized spacial score (nSPS) is 18.3. The third kappa shape index (κ3) is 4.18. The number of hydrogen-bond acceptors (Lipinski definition) is 6. The number of nitrogens with zero attached hydrogens (tertiary/aromatic N) is 2. The first-order valence-corrected chi connectivity index (χ1v) is 6.57. The van der Waals surface area contributed by atoms with Crippen LogP contribution in [0.1, 0.15) is 25.5 Å². The van der Waals surface area contributed by atoms with Gasteiger partial charge in [0.25, 0.3) is 0 Å². The molecule has 4 N–H and O–H groups in total. The van der Waals surface area contributed by atoms with E-state index in [0.717, 1.165) is 18.9 Å². The highest BCUT2D eigenvalue weighted by molar-refractivity contribution is 5.42. The minimum Gasteiger partial charge on any atom is -0.381 e. The topological polar surface area (TPSA) is 85.1 Å². The van der Waals surface area contributed by atoms with Crippen LogP contribution in [0.25, 0.3) is 0 Å². The van der Waals surface area contributed by atoms with Crippen LogP contribution in [-0.2, 0) is 10.9 Å². The highest BCUT2D eigenvalue weighted by Crippen LogP contribution is 2.32. The van der Waals surface area contributed by atoms with E-state index in [9.17, 15) is 13.2 Å². The summed E-state index contributed by atoms with van der Waals surface area (Å²) in [7, 11) is 0. The molecule has 9 heteroatoms. The fourth-order valence-corrected chi connectivity index (χ4v) is 2.09. The van der Waals surface area contributed by atoms with Crippen molar-refractivity contribution in [2.24, 2.45) is 11.3 Å². The van der Waals surface area contributed by atoms with Crippen LogP contribution in [0.2, 0.25) is 0 Å². The summed E-state index contributed by atoms with van der Waals surface area (Å²) in [6.45, 7) is 3.89. The van der Waals surface area contributed by atoms with E-state index >= 15 is 0 Å². The summed E-state index contributed by atoms with van der Waals surface area (Å²) in [5.41, 5.74) is 0.978. The lowest BCUT2D eigenvalue weighted by molar-refractivity contribution is -0.141. The molecule has 2 heterocycles. The molecule has 21 heavy (non-hydrogen) atoms. The molecule has 0 unspecified atom stereocenters. The summed E-state index contributed by atoms with van der Waals surface area (Å²) in [5.74, 6) is 4.93. The van der Waals surface area contributed by atoms with Gasteiger partial charge in [-0.05, 0) is 18.3 Å². The number of hydrogen-bond donors (Lipinski definition) is 3. The van der Waals surface area contributed by atoms with Gasteiger partial charge in [0.1, 0.15) is 5.82 Å². The number of nitrogens with one attached hydrogen (secondary N) is 2. The summed E-state index contributed by atoms with van der Waals surface area (Å²) >= 11 is 0. The summed E-state index contributed by atoms with van der Waals surface area (Å²) in [6, 6.07) is 0.878. The van der Waals surface area contributed by atoms with Crippen LogP contribution < -0.4 is 16.6 Å². The van der Waals surface area contributed by atoms with E-state index in [-0.39, 0.29) is 17.2 Å². The van der Waals surface area contributed by atoms with Gasteiger partial charge in [0.15, 0.2) is 5.69 Å². The minimum absolute atomic E-state index is 0.0299. The summed E-state index contributed by atoms with van der Waals surface area (Å²) < 4.78 is 43.5. The number of alkyl halides is 3. The van der Waals surface area contributed by atoms with Crippen LogP contribution in [0, 0.1) is 5.41 Å². The monoisotopic (exact) mass is 305 g/mol. The number of hydrazine groups is 1. The van der Waals surface area contributed by atoms with Gasteiger partial charge in [-0.2, -0.15) is 18.2 Å². The Morgan fingerprint density at radius 2 is 2.00 bits per heavy atom. The molecule has 0 spiro atoms. The Hall–Kier alpha value is -1.61. The molecule has 2 rings (SSSR count). The van der Waals surface area contributed by atoms with Crippen molar-refractivity contribution < 1.29 is 17.9 Å². The van der Waals surface area contributed by atoms with E-state index in [2.05, 4.69) is 22.2 Å². The minimum atomic E-state index is -4.55. The van der Waals surface area contributed by atoms with Crippen molar-refractivity contribution in [2.45, 2.75) is 25.9 Å². The van der Waals surface area contributed by atoms with Crippen molar-refractivity contribution in [3.05, 3.63) is 11.8 Å². The first kappa shape index (κ1) is 15.8. The van der Waals surface area contributed by atoms with Crippen molar-refractivity contribution in [3.8, 4) is 0 Å². The van der Waals surface area contributed by atoms with Gasteiger partial charge >= 0.3 is 6.18 Å². The van der Waals surface area contributed by atoms with E-state index in [1.54, 1.807) is 0 Å². The molecule has 1 aliphatic rings. The predicted molar refractivity (Wildman–Crippen MR) is 71.5 cm³/mol. The average molecular weight is 305 g/mol. The van der Waals surface area contributed by atoms with E-state index in [0.29, 0.717) is 19.8 Å². The molecule has 1 aliphatic heterocycles. The molecule has 0 aromatic carbocycles. The molecule has 0 atom stereocenters. The molecule has 0 radical (unpaired) electrons. The molecule has 0 saturated carbocycles. The number of ether oxygens (including phenoxy) is 1. The zero-order chi connectivity index (χ0) is 15.5. The van der Waals surface area contributed by atoms with Crippen LogP contribution >= 0.6 is 0 Å². The Morgan fingerprint density at radius 3 is 2.57 bits per heavy atom. The quantitative estimate of drug-likeness (QED) is 0.583. The standard InChI is InChI=1S/C12H18F3N5O/c1-11(2-4-21-5-3-11)7-17-9-6-8(12(13,14)15)18-10(19-9)20-16/h6H,2-5,7,16H2,1H3,(H2,17,18,19,20). The second kappa shape index (κ2) is 6.02. The van der Waals surface area contributed by atoms with Gasteiger partial charge < -0.3 is 10.1 Å². The molecule has 0 bridgehead atoms. The number of halogens is 3. The Morgan fingerprint density at radius 1 is 1.33 bits per heavy atom. The SMILES string of the molecule is CC1(CNc2cc(C(F)(F)F)nc(NN)n2)CCOCC1. The molecule has 1 aromatic rings. The Bertz CT molecular complexity index is 488. The van der Waals surface area contributed by atoms with E-state index in [1.807, 2.05) is 5.43 Å². The second-order valence-electron chi connectivity index (χ2n) is 5.38. The second-order valence-corrected chi connectivity index (χ2v) is 5.38. The van der Waals surface area contributed by atoms with Crippen molar-refractivity contribution in [1.29, 1.82) is 0 Å². The maximum Gasteiger partial charge on any atom is 0.433 e. The zero-order valence-electron chi connectivity index (χ0n) is 11.6. The van der Waals surface area contributed by atoms with Crippen molar-refractivity contribution in [3.63, 3.8) is 0 Å². The lowest BCUT2D eigenvalue weighted by Crippen LogP contribution is -2.33. The Balaban J connectivity index is 2.12. The van der Waals surface area contributed by atoms with Gasteiger partial charge in [-0.15, -0.1) is 0 Å². The summed E-state index contributed by atoms with van der Waals surface area (Å²) in [4.78, 5) is 7.19. The van der Waals surface area contributed by atoms with Gasteiger partial charge in [0.2, 0.25) is 5.95 Å². The number of nitrogen functional groups attached to an aromatic ring is 1. The average Bonchev–Trinajstić information content (AvgIpc) is 2.45. The smallest absolute Gasteiger partial charge is 0.381 e. The Labute approximate surface area is 120 Å². The molecule has 1 aromatic heterocycles. The van der Waals surface area contributed by atoms with Gasteiger partial charge in [-0.1, -0.05) is 6.92 Å². The van der Waals surface area contributed by atoms with Crippen LogP contribution in [0.4, 0.5) is 24.9 Å². The van der Waals surface area contributed by atoms with Crippen molar-refractivity contribution in [2.75, 3.05) is 30.5 Å². The van der Waals surface area contributed by atoms with Crippen LogP contribution in [0.15, 0.2) is 6.07 Å². The highest BCUT2D eigenvalue weighted by atomic mass is 19.4. The highest BCUT2D eigenvalue weighted by Gasteiger charge is 2.34. The lowest BCUT2D eigenvalue weighted by Gasteiger charge is -2.33. The maximum atomic E-state index is 12.8. The molecule has 0 aliphatic carbocycles. The lowest BCUT2D eigenvalue weighted by atomic mass is 9.82. The Kier molecular flexibility index (Phi) is 4.52.